The zero-order valence-electron chi connectivity index (χ0n) is 13.5. The van der Waals surface area contributed by atoms with Gasteiger partial charge < -0.3 is 10.1 Å². The Balaban J connectivity index is 1.69. The Labute approximate surface area is 150 Å². The maximum Gasteiger partial charge on any atom is 0.236 e. The van der Waals surface area contributed by atoms with Gasteiger partial charge in [0.05, 0.1) is 19.1 Å². The molecule has 0 radical (unpaired) electrons. The summed E-state index contributed by atoms with van der Waals surface area (Å²) in [5.74, 6) is 3.65. The largest absolute Gasteiger partial charge is 0.496 e. The Hall–Kier alpha value is -1.51. The first-order chi connectivity index (χ1) is 11.7. The lowest BCUT2D eigenvalue weighted by Crippen LogP contribution is -2.32. The summed E-state index contributed by atoms with van der Waals surface area (Å²) in [6, 6.07) is 6.01. The van der Waals surface area contributed by atoms with Crippen molar-refractivity contribution < 1.29 is 9.53 Å². The zero-order valence-corrected chi connectivity index (χ0v) is 15.2. The van der Waals surface area contributed by atoms with Crippen molar-refractivity contribution in [1.82, 2.24) is 10.2 Å². The summed E-state index contributed by atoms with van der Waals surface area (Å²) >= 11 is 3.37. The van der Waals surface area contributed by atoms with Crippen molar-refractivity contribution >= 4 is 40.8 Å². The van der Waals surface area contributed by atoms with Gasteiger partial charge in [-0.2, -0.15) is 16.9 Å². The van der Waals surface area contributed by atoms with E-state index in [1.54, 1.807) is 13.3 Å². The van der Waals surface area contributed by atoms with Crippen LogP contribution in [0.4, 0.5) is 0 Å². The highest BCUT2D eigenvalue weighted by molar-refractivity contribution is 8.15. The van der Waals surface area contributed by atoms with E-state index in [1.165, 1.54) is 23.3 Å². The molecule has 0 aromatic heterocycles. The second-order valence-electron chi connectivity index (χ2n) is 5.45. The fourth-order valence-electron chi connectivity index (χ4n) is 2.53. The van der Waals surface area contributed by atoms with E-state index >= 15 is 0 Å². The Morgan fingerprint density at radius 1 is 1.38 bits per heavy atom. The van der Waals surface area contributed by atoms with Crippen molar-refractivity contribution in [2.75, 3.05) is 37.5 Å². The van der Waals surface area contributed by atoms with E-state index in [9.17, 15) is 4.79 Å². The molecule has 0 spiro atoms. The summed E-state index contributed by atoms with van der Waals surface area (Å²) in [7, 11) is 1.70. The number of hydrogen-bond donors (Lipinski definition) is 1. The van der Waals surface area contributed by atoms with Crippen LogP contribution in [0, 0.1) is 0 Å². The van der Waals surface area contributed by atoms with E-state index in [1.807, 2.05) is 23.9 Å². The molecule has 2 saturated heterocycles. The summed E-state index contributed by atoms with van der Waals surface area (Å²) in [6.07, 6.45) is 1.70. The van der Waals surface area contributed by atoms with Gasteiger partial charge >= 0.3 is 0 Å². The summed E-state index contributed by atoms with van der Waals surface area (Å²) < 4.78 is 5.48. The third kappa shape index (κ3) is 4.75. The molecule has 2 aliphatic rings. The summed E-state index contributed by atoms with van der Waals surface area (Å²) in [6.45, 7) is 3.10. The van der Waals surface area contributed by atoms with Crippen molar-refractivity contribution in [3.8, 4) is 5.75 Å². The molecule has 24 heavy (non-hydrogen) atoms. The van der Waals surface area contributed by atoms with Crippen molar-refractivity contribution in [3.05, 3.63) is 29.3 Å². The van der Waals surface area contributed by atoms with Crippen LogP contribution in [0.1, 0.15) is 11.1 Å². The molecule has 1 amide bonds. The predicted octanol–water partition coefficient (Wildman–Crippen LogP) is 1.80. The monoisotopic (exact) mass is 364 g/mol. The molecule has 2 heterocycles. The van der Waals surface area contributed by atoms with Crippen LogP contribution in [0.2, 0.25) is 0 Å². The number of hydrogen-bond acceptors (Lipinski definition) is 7. The second kappa shape index (κ2) is 8.55. The Bertz CT molecular complexity index is 657. The fraction of sp³-hybridized carbons (Fsp3) is 0.438. The topological polar surface area (TPSA) is 66.3 Å². The summed E-state index contributed by atoms with van der Waals surface area (Å²) in [5, 5.41) is 11.3. The van der Waals surface area contributed by atoms with Gasteiger partial charge in [-0.25, -0.2) is 0 Å². The van der Waals surface area contributed by atoms with E-state index in [2.05, 4.69) is 26.5 Å². The molecular formula is C16H20N4O2S2. The Morgan fingerprint density at radius 2 is 2.21 bits per heavy atom. The summed E-state index contributed by atoms with van der Waals surface area (Å²) in [4.78, 5) is 13.6. The van der Waals surface area contributed by atoms with Gasteiger partial charge in [0.2, 0.25) is 5.91 Å². The quantitative estimate of drug-likeness (QED) is 0.637. The lowest BCUT2D eigenvalue weighted by molar-refractivity contribution is -0.116. The van der Waals surface area contributed by atoms with Gasteiger partial charge in [-0.05, 0) is 23.8 Å². The number of amidine groups is 1. The number of carbonyl (C=O) groups excluding carboxylic acids is 1. The summed E-state index contributed by atoms with van der Waals surface area (Å²) in [5.41, 5.74) is 2.13. The number of nitrogens with zero attached hydrogens (tertiary/aromatic N) is 3. The number of benzene rings is 1. The number of thioether (sulfide) groups is 2. The smallest absolute Gasteiger partial charge is 0.236 e. The van der Waals surface area contributed by atoms with Crippen LogP contribution in [0.5, 0.6) is 5.75 Å². The van der Waals surface area contributed by atoms with Gasteiger partial charge in [0, 0.05) is 36.7 Å². The molecule has 0 aliphatic carbocycles. The third-order valence-electron chi connectivity index (χ3n) is 3.74. The maximum atomic E-state index is 11.1. The first kappa shape index (κ1) is 17.3. The van der Waals surface area contributed by atoms with Gasteiger partial charge in [0.1, 0.15) is 5.75 Å². The molecule has 2 fully saturated rings. The van der Waals surface area contributed by atoms with Gasteiger partial charge in [-0.3, -0.25) is 9.69 Å². The zero-order chi connectivity index (χ0) is 16.8. The first-order valence-corrected chi connectivity index (χ1v) is 9.89. The molecule has 3 rings (SSSR count). The van der Waals surface area contributed by atoms with E-state index in [-0.39, 0.29) is 5.91 Å². The number of nitrogens with one attached hydrogen (secondary N) is 1. The number of amides is 1. The molecule has 6 nitrogen and oxygen atoms in total. The van der Waals surface area contributed by atoms with Gasteiger partial charge in [-0.15, -0.1) is 5.10 Å². The van der Waals surface area contributed by atoms with Crippen LogP contribution >= 0.6 is 23.5 Å². The molecule has 1 aromatic rings. The van der Waals surface area contributed by atoms with Gasteiger partial charge in [-0.1, -0.05) is 11.8 Å². The van der Waals surface area contributed by atoms with Crippen molar-refractivity contribution in [2.24, 2.45) is 10.2 Å². The SMILES string of the molecule is COc1ccc(C=NN=C2NC(=O)CS2)cc1CN1CCSCC1. The average Bonchev–Trinajstić information content (AvgIpc) is 3.01. The number of ether oxygens (including phenoxy) is 1. The lowest BCUT2D eigenvalue weighted by Gasteiger charge is -2.26. The molecule has 0 atom stereocenters. The molecular weight excluding hydrogens is 344 g/mol. The van der Waals surface area contributed by atoms with Crippen LogP contribution in [0.25, 0.3) is 0 Å². The maximum absolute atomic E-state index is 11.1. The highest BCUT2D eigenvalue weighted by atomic mass is 32.2. The normalized spacial score (nSPS) is 20.7. The van der Waals surface area contributed by atoms with Crippen molar-refractivity contribution in [1.29, 1.82) is 0 Å². The molecule has 8 heteroatoms. The highest BCUT2D eigenvalue weighted by Crippen LogP contribution is 2.22. The Morgan fingerprint density at radius 3 is 2.92 bits per heavy atom. The molecule has 0 saturated carbocycles. The van der Waals surface area contributed by atoms with Gasteiger partial charge in [0.15, 0.2) is 5.17 Å². The molecule has 2 aliphatic heterocycles. The van der Waals surface area contributed by atoms with Gasteiger partial charge in [0.25, 0.3) is 0 Å². The van der Waals surface area contributed by atoms with E-state index in [0.29, 0.717) is 10.9 Å². The van der Waals surface area contributed by atoms with Crippen LogP contribution in [0.15, 0.2) is 28.4 Å². The third-order valence-corrected chi connectivity index (χ3v) is 5.55. The predicted molar refractivity (Wildman–Crippen MR) is 101 cm³/mol. The minimum atomic E-state index is -0.0274. The highest BCUT2D eigenvalue weighted by Gasteiger charge is 2.16. The first-order valence-electron chi connectivity index (χ1n) is 7.75. The number of carbonyl (C=O) groups is 1. The van der Waals surface area contributed by atoms with E-state index in [0.717, 1.165) is 36.5 Å². The molecule has 1 N–H and O–H groups in total. The van der Waals surface area contributed by atoms with E-state index in [4.69, 9.17) is 4.74 Å². The minimum absolute atomic E-state index is 0.0274. The minimum Gasteiger partial charge on any atom is -0.496 e. The standard InChI is InChI=1S/C16H20N4O2S2/c1-22-14-3-2-12(9-17-19-16-18-15(21)11-24-16)8-13(14)10-20-4-6-23-7-5-20/h2-3,8-9H,4-7,10-11H2,1H3,(H,18,19,21). The van der Waals surface area contributed by atoms with Crippen LogP contribution < -0.4 is 10.1 Å². The Kier molecular flexibility index (Phi) is 6.17. The van der Waals surface area contributed by atoms with Crippen LogP contribution in [-0.4, -0.2) is 59.6 Å². The lowest BCUT2D eigenvalue weighted by atomic mass is 10.1. The average molecular weight is 364 g/mol. The molecule has 0 unspecified atom stereocenters. The number of rotatable bonds is 5. The van der Waals surface area contributed by atoms with Crippen molar-refractivity contribution in [3.63, 3.8) is 0 Å². The molecule has 1 aromatic carbocycles. The number of methoxy groups -OCH3 is 1. The molecule has 128 valence electrons. The second-order valence-corrected chi connectivity index (χ2v) is 7.64. The van der Waals surface area contributed by atoms with E-state index < -0.39 is 0 Å². The fourth-order valence-corrected chi connectivity index (χ4v) is 4.14. The van der Waals surface area contributed by atoms with Crippen LogP contribution in [-0.2, 0) is 11.3 Å². The van der Waals surface area contributed by atoms with Crippen LogP contribution in [0.3, 0.4) is 0 Å². The molecule has 0 bridgehead atoms. The van der Waals surface area contributed by atoms with Crippen molar-refractivity contribution in [2.45, 2.75) is 6.54 Å².